The molecule has 4 nitrogen and oxygen atoms in total. The number of carbonyl (C=O) groups is 2. The molecule has 0 aromatic rings. The van der Waals surface area contributed by atoms with Gasteiger partial charge in [-0.2, -0.15) is 0 Å². The Hall–Kier alpha value is -1.58. The first-order valence-corrected chi connectivity index (χ1v) is 9.41. The maximum Gasteiger partial charge on any atom is 0.236 e. The third-order valence-corrected chi connectivity index (χ3v) is 4.14. The van der Waals surface area contributed by atoms with Crippen LogP contribution in [0.4, 0.5) is 0 Å². The van der Waals surface area contributed by atoms with E-state index in [0.717, 1.165) is 12.8 Å². The fraction of sp³-hybridized carbons (Fsp3) is 0.700. The van der Waals surface area contributed by atoms with Crippen LogP contribution in [0.25, 0.3) is 0 Å². The van der Waals surface area contributed by atoms with E-state index in [2.05, 4.69) is 30.2 Å². The first kappa shape index (κ1) is 22.4. The summed E-state index contributed by atoms with van der Waals surface area (Å²) in [5, 5.41) is 5.61. The molecule has 0 unspecified atom stereocenters. The highest BCUT2D eigenvalue weighted by Gasteiger charge is 2.43. The van der Waals surface area contributed by atoms with Gasteiger partial charge in [0, 0.05) is 13.1 Å². The second kappa shape index (κ2) is 13.8. The zero-order valence-electron chi connectivity index (χ0n) is 15.8. The fourth-order valence-corrected chi connectivity index (χ4v) is 2.73. The van der Waals surface area contributed by atoms with Gasteiger partial charge in [0.15, 0.2) is 0 Å². The molecular formula is C20H36N2O2. The predicted octanol–water partition coefficient (Wildman–Crippen LogP) is 4.13. The Labute approximate surface area is 148 Å². The number of carbonyl (C=O) groups excluding carboxylic acids is 2. The van der Waals surface area contributed by atoms with Crippen LogP contribution < -0.4 is 10.6 Å². The summed E-state index contributed by atoms with van der Waals surface area (Å²) >= 11 is 0. The third-order valence-electron chi connectivity index (χ3n) is 4.14. The Balaban J connectivity index is 4.82. The topological polar surface area (TPSA) is 58.2 Å². The highest BCUT2D eigenvalue weighted by atomic mass is 16.2. The molecule has 0 saturated heterocycles. The number of unbranched alkanes of at least 4 members (excludes halogenated alkanes) is 5. The Morgan fingerprint density at radius 1 is 0.875 bits per heavy atom. The van der Waals surface area contributed by atoms with Crippen molar-refractivity contribution in [3.05, 3.63) is 24.8 Å². The van der Waals surface area contributed by atoms with Gasteiger partial charge in [0.2, 0.25) is 11.8 Å². The van der Waals surface area contributed by atoms with E-state index >= 15 is 0 Å². The van der Waals surface area contributed by atoms with Crippen LogP contribution >= 0.6 is 0 Å². The molecule has 0 saturated carbocycles. The Kier molecular flexibility index (Phi) is 12.9. The largest absolute Gasteiger partial charge is 0.355 e. The van der Waals surface area contributed by atoms with Gasteiger partial charge in [-0.1, -0.05) is 50.8 Å². The molecule has 0 spiro atoms. The number of amides is 2. The highest BCUT2D eigenvalue weighted by molar-refractivity contribution is 6.05. The fourth-order valence-electron chi connectivity index (χ4n) is 2.73. The van der Waals surface area contributed by atoms with Crippen molar-refractivity contribution in [3.63, 3.8) is 0 Å². The van der Waals surface area contributed by atoms with Crippen molar-refractivity contribution in [3.8, 4) is 0 Å². The maximum absolute atomic E-state index is 12.6. The van der Waals surface area contributed by atoms with Gasteiger partial charge in [-0.25, -0.2) is 0 Å². The van der Waals surface area contributed by atoms with Crippen LogP contribution in [-0.4, -0.2) is 24.9 Å². The molecule has 0 aliphatic rings. The van der Waals surface area contributed by atoms with Crippen LogP contribution in [0, 0.1) is 5.41 Å². The molecule has 0 aliphatic carbocycles. The Bertz CT molecular complexity index is 384. The lowest BCUT2D eigenvalue weighted by atomic mass is 9.78. The van der Waals surface area contributed by atoms with Gasteiger partial charge in [0.25, 0.3) is 0 Å². The van der Waals surface area contributed by atoms with E-state index in [-0.39, 0.29) is 11.8 Å². The van der Waals surface area contributed by atoms with Crippen molar-refractivity contribution < 1.29 is 9.59 Å². The van der Waals surface area contributed by atoms with E-state index in [1.165, 1.54) is 25.7 Å². The van der Waals surface area contributed by atoms with E-state index in [9.17, 15) is 9.59 Å². The van der Waals surface area contributed by atoms with Gasteiger partial charge in [0.1, 0.15) is 5.41 Å². The number of nitrogens with one attached hydrogen (secondary N) is 2. The second-order valence-corrected chi connectivity index (χ2v) is 6.17. The molecule has 0 rings (SSSR count). The molecule has 24 heavy (non-hydrogen) atoms. The van der Waals surface area contributed by atoms with Crippen LogP contribution in [0.3, 0.4) is 0 Å². The normalized spacial score (nSPS) is 11.5. The van der Waals surface area contributed by atoms with E-state index in [0.29, 0.717) is 25.9 Å². The van der Waals surface area contributed by atoms with Crippen molar-refractivity contribution >= 4 is 11.8 Å². The Morgan fingerprint density at radius 2 is 1.46 bits per heavy atom. The van der Waals surface area contributed by atoms with E-state index in [1.807, 2.05) is 19.9 Å². The summed E-state index contributed by atoms with van der Waals surface area (Å²) in [6.07, 6.45) is 13.7. The smallest absolute Gasteiger partial charge is 0.236 e. The van der Waals surface area contributed by atoms with Crippen LogP contribution in [0.5, 0.6) is 0 Å². The minimum absolute atomic E-state index is 0.219. The SMILES string of the molecule is C=CCC(CC=CCCCCCCC)(C(=O)NCC)C(=O)NCC. The minimum atomic E-state index is -1.09. The molecule has 0 aromatic carbocycles. The molecule has 0 aliphatic heterocycles. The van der Waals surface area contributed by atoms with Gasteiger partial charge in [0.05, 0.1) is 0 Å². The van der Waals surface area contributed by atoms with Crippen LogP contribution in [-0.2, 0) is 9.59 Å². The number of hydrogen-bond acceptors (Lipinski definition) is 2. The lowest BCUT2D eigenvalue weighted by molar-refractivity contribution is -0.143. The summed E-state index contributed by atoms with van der Waals surface area (Å²) in [4.78, 5) is 25.1. The van der Waals surface area contributed by atoms with Crippen LogP contribution in [0.15, 0.2) is 24.8 Å². The summed E-state index contributed by atoms with van der Waals surface area (Å²) in [6, 6.07) is 0. The van der Waals surface area contributed by atoms with E-state index < -0.39 is 5.41 Å². The first-order valence-electron chi connectivity index (χ1n) is 9.41. The average molecular weight is 337 g/mol. The summed E-state index contributed by atoms with van der Waals surface area (Å²) in [6.45, 7) is 10.7. The standard InChI is InChI=1S/C20H36N2O2/c1-5-9-10-11-12-13-14-15-17-20(16-6-2,18(23)21-7-3)19(24)22-8-4/h6,14-15H,2,5,7-13,16-17H2,1,3-4H3,(H,21,23)(H,22,24). The van der Waals surface area contributed by atoms with Crippen molar-refractivity contribution in [2.75, 3.05) is 13.1 Å². The van der Waals surface area contributed by atoms with Crippen LogP contribution in [0.1, 0.15) is 72.1 Å². The van der Waals surface area contributed by atoms with Crippen molar-refractivity contribution in [1.29, 1.82) is 0 Å². The van der Waals surface area contributed by atoms with Crippen molar-refractivity contribution in [2.24, 2.45) is 5.41 Å². The number of rotatable bonds is 14. The predicted molar refractivity (Wildman–Crippen MR) is 102 cm³/mol. The Morgan fingerprint density at radius 3 is 1.96 bits per heavy atom. The first-order chi connectivity index (χ1) is 11.6. The molecule has 0 fully saturated rings. The average Bonchev–Trinajstić information content (AvgIpc) is 2.56. The monoisotopic (exact) mass is 336 g/mol. The molecular weight excluding hydrogens is 300 g/mol. The summed E-state index contributed by atoms with van der Waals surface area (Å²) in [5.74, 6) is -0.438. The molecule has 4 heteroatoms. The molecule has 0 radical (unpaired) electrons. The molecule has 138 valence electrons. The quantitative estimate of drug-likeness (QED) is 0.285. The van der Waals surface area contributed by atoms with Crippen molar-refractivity contribution in [1.82, 2.24) is 10.6 Å². The molecule has 2 N–H and O–H groups in total. The van der Waals surface area contributed by atoms with E-state index in [1.54, 1.807) is 6.08 Å². The minimum Gasteiger partial charge on any atom is -0.355 e. The molecule has 2 amide bonds. The molecule has 0 bridgehead atoms. The highest BCUT2D eigenvalue weighted by Crippen LogP contribution is 2.29. The zero-order valence-corrected chi connectivity index (χ0v) is 15.8. The molecule has 0 atom stereocenters. The van der Waals surface area contributed by atoms with Gasteiger partial charge in [-0.15, -0.1) is 6.58 Å². The maximum atomic E-state index is 12.6. The lowest BCUT2D eigenvalue weighted by Crippen LogP contribution is -2.51. The number of hydrogen-bond donors (Lipinski definition) is 2. The number of allylic oxidation sites excluding steroid dienone is 3. The second-order valence-electron chi connectivity index (χ2n) is 6.17. The summed E-state index contributed by atoms with van der Waals surface area (Å²) < 4.78 is 0. The van der Waals surface area contributed by atoms with Gasteiger partial charge >= 0.3 is 0 Å². The van der Waals surface area contributed by atoms with Crippen LogP contribution in [0.2, 0.25) is 0 Å². The van der Waals surface area contributed by atoms with Gasteiger partial charge in [-0.3, -0.25) is 9.59 Å². The third kappa shape index (κ3) is 7.80. The molecule has 0 heterocycles. The van der Waals surface area contributed by atoms with E-state index in [4.69, 9.17) is 0 Å². The van der Waals surface area contributed by atoms with Gasteiger partial charge in [-0.05, 0) is 39.5 Å². The zero-order chi connectivity index (χ0) is 18.3. The summed E-state index contributed by atoms with van der Waals surface area (Å²) in [7, 11) is 0. The van der Waals surface area contributed by atoms with Gasteiger partial charge < -0.3 is 10.6 Å². The lowest BCUT2D eigenvalue weighted by Gasteiger charge is -2.29. The summed E-state index contributed by atoms with van der Waals surface area (Å²) in [5.41, 5.74) is -1.09. The molecule has 0 aromatic heterocycles. The van der Waals surface area contributed by atoms with Crippen molar-refractivity contribution in [2.45, 2.75) is 72.1 Å².